The number of nitrogens with one attached hydrogen (secondary N) is 1. The van der Waals surface area contributed by atoms with Crippen molar-refractivity contribution >= 4 is 70.3 Å². The van der Waals surface area contributed by atoms with Crippen molar-refractivity contribution in [3.8, 4) is 16.9 Å². The third kappa shape index (κ3) is 6.59. The Morgan fingerprint density at radius 3 is 1.81 bits per heavy atom. The Bertz CT molecular complexity index is 1560. The molecule has 42 heavy (non-hydrogen) atoms. The predicted molar refractivity (Wildman–Crippen MR) is 166 cm³/mol. The topological polar surface area (TPSA) is 73.9 Å². The van der Waals surface area contributed by atoms with Gasteiger partial charge in [-0.2, -0.15) is 0 Å². The van der Waals surface area contributed by atoms with Crippen molar-refractivity contribution in [3.63, 3.8) is 0 Å². The molecular weight excluding hydrogens is 644 g/mol. The quantitative estimate of drug-likeness (QED) is 0.0878. The van der Waals surface area contributed by atoms with Crippen LogP contribution in [-0.2, 0) is 15.9 Å². The lowest BCUT2D eigenvalue weighted by Gasteiger charge is -2.20. The lowest BCUT2D eigenvalue weighted by atomic mass is 9.98. The highest BCUT2D eigenvalue weighted by molar-refractivity contribution is 6.55. The van der Waals surface area contributed by atoms with Crippen molar-refractivity contribution in [1.82, 2.24) is 5.32 Å². The zero-order valence-corrected chi connectivity index (χ0v) is 25.5. The average molecular weight is 666 g/mol. The molecule has 0 saturated heterocycles. The molecule has 11 heteroatoms. The largest absolute Gasteiger partial charge is 0.514 e. The lowest BCUT2D eigenvalue weighted by molar-refractivity contribution is 0.0851. The van der Waals surface area contributed by atoms with E-state index in [4.69, 9.17) is 72.2 Å². The molecule has 1 aliphatic carbocycles. The number of ether oxygens (including phenoxy) is 3. The normalized spacial score (nSPS) is 12.7. The smallest absolute Gasteiger partial charge is 0.449 e. The Labute approximate surface area is 267 Å². The minimum Gasteiger partial charge on any atom is -0.449 e. The van der Waals surface area contributed by atoms with Gasteiger partial charge in [-0.15, -0.1) is 0 Å². The second kappa shape index (κ2) is 13.4. The molecule has 1 atom stereocenters. The number of amides is 1. The van der Waals surface area contributed by atoms with Gasteiger partial charge < -0.3 is 19.5 Å². The highest BCUT2D eigenvalue weighted by Gasteiger charge is 2.30. The summed E-state index contributed by atoms with van der Waals surface area (Å²) in [6.07, 6.45) is -1.45. The Morgan fingerprint density at radius 1 is 0.690 bits per heavy atom. The molecule has 4 aromatic carbocycles. The Balaban J connectivity index is 1.25. The number of fused-ring (bicyclic) bond motifs is 3. The molecule has 0 spiro atoms. The average Bonchev–Trinajstić information content (AvgIpc) is 3.33. The fourth-order valence-corrected chi connectivity index (χ4v) is 6.01. The molecule has 0 heterocycles. The summed E-state index contributed by atoms with van der Waals surface area (Å²) in [7, 11) is 0. The van der Waals surface area contributed by atoms with E-state index in [1.165, 1.54) is 0 Å². The van der Waals surface area contributed by atoms with Crippen molar-refractivity contribution in [2.24, 2.45) is 0 Å². The summed E-state index contributed by atoms with van der Waals surface area (Å²) in [6, 6.07) is 24.9. The second-order valence-corrected chi connectivity index (χ2v) is 11.3. The standard InChI is InChI=1S/C31H22Cl5NO5/c32-24-25(33)27(35)29(28(36)26(24)34)42-31(39)41-15-18(14-17-8-2-1-3-9-17)37-30(38)40-16-23-21-12-6-4-10-19(21)20-11-5-7-13-22(20)23/h1-13,18,23H,14-16H2,(H,37,38)/t18-/m0/s1. The number of hydrogen-bond donors (Lipinski definition) is 1. The Morgan fingerprint density at radius 2 is 1.21 bits per heavy atom. The molecule has 5 rings (SSSR count). The van der Waals surface area contributed by atoms with Crippen LogP contribution in [0, 0.1) is 0 Å². The number of benzene rings is 4. The summed E-state index contributed by atoms with van der Waals surface area (Å²) in [6.45, 7) is -0.113. The maximum absolute atomic E-state index is 13.0. The molecule has 0 radical (unpaired) electrons. The van der Waals surface area contributed by atoms with Gasteiger partial charge in [0.25, 0.3) is 0 Å². The molecule has 6 nitrogen and oxygen atoms in total. The molecule has 0 aromatic heterocycles. The van der Waals surface area contributed by atoms with E-state index in [0.29, 0.717) is 6.42 Å². The van der Waals surface area contributed by atoms with Crippen LogP contribution in [0.4, 0.5) is 9.59 Å². The summed E-state index contributed by atoms with van der Waals surface area (Å²) >= 11 is 30.4. The highest BCUT2D eigenvalue weighted by atomic mass is 35.5. The van der Waals surface area contributed by atoms with Gasteiger partial charge in [0, 0.05) is 5.92 Å². The van der Waals surface area contributed by atoms with Crippen LogP contribution in [0.15, 0.2) is 78.9 Å². The summed E-state index contributed by atoms with van der Waals surface area (Å²) in [4.78, 5) is 25.6. The molecule has 0 unspecified atom stereocenters. The molecule has 1 N–H and O–H groups in total. The number of carbonyl (C=O) groups excluding carboxylic acids is 2. The van der Waals surface area contributed by atoms with Gasteiger partial charge in [0.2, 0.25) is 0 Å². The second-order valence-electron chi connectivity index (χ2n) is 9.42. The van der Waals surface area contributed by atoms with Gasteiger partial charge in [0.1, 0.15) is 23.3 Å². The van der Waals surface area contributed by atoms with Crippen LogP contribution in [0.2, 0.25) is 25.1 Å². The number of rotatable bonds is 8. The van der Waals surface area contributed by atoms with Crippen LogP contribution >= 0.6 is 58.0 Å². The van der Waals surface area contributed by atoms with E-state index in [0.717, 1.165) is 27.8 Å². The fourth-order valence-electron chi connectivity index (χ4n) is 4.81. The van der Waals surface area contributed by atoms with E-state index in [1.54, 1.807) is 0 Å². The first-order valence-corrected chi connectivity index (χ1v) is 14.6. The van der Waals surface area contributed by atoms with Crippen molar-refractivity contribution in [3.05, 3.63) is 121 Å². The van der Waals surface area contributed by atoms with Crippen LogP contribution in [0.25, 0.3) is 11.1 Å². The first-order valence-electron chi connectivity index (χ1n) is 12.8. The van der Waals surface area contributed by atoms with Gasteiger partial charge in [-0.05, 0) is 34.2 Å². The Hall–Kier alpha value is -3.13. The van der Waals surface area contributed by atoms with Gasteiger partial charge >= 0.3 is 12.2 Å². The van der Waals surface area contributed by atoms with Crippen LogP contribution in [0.1, 0.15) is 22.6 Å². The maximum atomic E-state index is 13.0. The van der Waals surface area contributed by atoms with E-state index >= 15 is 0 Å². The molecule has 1 amide bonds. The van der Waals surface area contributed by atoms with E-state index in [2.05, 4.69) is 17.4 Å². The molecule has 4 aromatic rings. The SMILES string of the molecule is O=C(N[C@H](COC(=O)Oc1c(Cl)c(Cl)c(Cl)c(Cl)c1Cl)Cc1ccccc1)OCC1c2ccccc2-c2ccccc21. The minimum absolute atomic E-state index is 0.0794. The number of halogens is 5. The summed E-state index contributed by atoms with van der Waals surface area (Å²) in [5.41, 5.74) is 5.34. The summed E-state index contributed by atoms with van der Waals surface area (Å²) in [5.74, 6) is -0.402. The zero-order valence-electron chi connectivity index (χ0n) is 21.7. The van der Waals surface area contributed by atoms with E-state index < -0.39 is 18.3 Å². The van der Waals surface area contributed by atoms with E-state index in [9.17, 15) is 9.59 Å². The zero-order chi connectivity index (χ0) is 29.8. The fraction of sp³-hybridized carbons (Fsp3) is 0.161. The van der Waals surface area contributed by atoms with Crippen LogP contribution < -0.4 is 10.1 Å². The molecular formula is C31H22Cl5NO5. The molecule has 0 fully saturated rings. The van der Waals surface area contributed by atoms with Crippen LogP contribution in [0.5, 0.6) is 5.75 Å². The van der Waals surface area contributed by atoms with Gasteiger partial charge in [-0.3, -0.25) is 0 Å². The molecule has 0 saturated carbocycles. The van der Waals surface area contributed by atoms with Gasteiger partial charge in [-0.1, -0.05) is 137 Å². The first-order chi connectivity index (χ1) is 20.2. The van der Waals surface area contributed by atoms with Crippen LogP contribution in [-0.4, -0.2) is 31.5 Å². The summed E-state index contributed by atoms with van der Waals surface area (Å²) in [5, 5.41) is 2.05. The van der Waals surface area contributed by atoms with Crippen molar-refractivity contribution in [1.29, 1.82) is 0 Å². The molecule has 216 valence electrons. The number of carbonyl (C=O) groups is 2. The number of hydrogen-bond acceptors (Lipinski definition) is 5. The predicted octanol–water partition coefficient (Wildman–Crippen LogP) is 9.62. The van der Waals surface area contributed by atoms with E-state index in [1.807, 2.05) is 66.7 Å². The molecule has 0 bridgehead atoms. The van der Waals surface area contributed by atoms with Gasteiger partial charge in [0.15, 0.2) is 5.75 Å². The monoisotopic (exact) mass is 663 g/mol. The van der Waals surface area contributed by atoms with Crippen molar-refractivity contribution in [2.75, 3.05) is 13.2 Å². The van der Waals surface area contributed by atoms with Gasteiger partial charge in [-0.25, -0.2) is 9.59 Å². The minimum atomic E-state index is -1.14. The molecule has 1 aliphatic rings. The third-order valence-corrected chi connectivity index (χ3v) is 8.99. The highest BCUT2D eigenvalue weighted by Crippen LogP contribution is 2.48. The van der Waals surface area contributed by atoms with E-state index in [-0.39, 0.29) is 50.0 Å². The van der Waals surface area contributed by atoms with Crippen molar-refractivity contribution in [2.45, 2.75) is 18.4 Å². The third-order valence-electron chi connectivity index (χ3n) is 6.75. The van der Waals surface area contributed by atoms with Crippen LogP contribution in [0.3, 0.4) is 0 Å². The maximum Gasteiger partial charge on any atom is 0.514 e. The lowest BCUT2D eigenvalue weighted by Crippen LogP contribution is -2.41. The number of alkyl carbamates (subject to hydrolysis) is 1. The molecule has 0 aliphatic heterocycles. The first kappa shape index (κ1) is 30.3. The Kier molecular flexibility index (Phi) is 9.71. The summed E-state index contributed by atoms with van der Waals surface area (Å²) < 4.78 is 16.2. The van der Waals surface area contributed by atoms with Crippen molar-refractivity contribution < 1.29 is 23.8 Å². The van der Waals surface area contributed by atoms with Gasteiger partial charge in [0.05, 0.1) is 21.1 Å².